The first-order valence-electron chi connectivity index (χ1n) is 5.31. The molecule has 17 heavy (non-hydrogen) atoms. The number of nitrogens with zero attached hydrogens (tertiary/aromatic N) is 3. The van der Waals surface area contributed by atoms with Crippen molar-refractivity contribution >= 4 is 22.6 Å². The Morgan fingerprint density at radius 2 is 2.29 bits per heavy atom. The first-order chi connectivity index (χ1) is 8.20. The van der Waals surface area contributed by atoms with E-state index in [0.717, 1.165) is 0 Å². The Labute approximate surface area is 103 Å². The number of rotatable bonds is 5. The van der Waals surface area contributed by atoms with Crippen molar-refractivity contribution in [3.05, 3.63) is 11.5 Å². The zero-order valence-corrected chi connectivity index (χ0v) is 10.4. The number of hydrogen-bond acceptors (Lipinski definition) is 5. The maximum Gasteiger partial charge on any atom is 0.229 e. The zero-order chi connectivity index (χ0) is 12.3. The van der Waals surface area contributed by atoms with Crippen molar-refractivity contribution in [3.63, 3.8) is 0 Å². The molecule has 0 spiro atoms. The molecule has 0 radical (unpaired) electrons. The van der Waals surface area contributed by atoms with Crippen LogP contribution in [0.4, 0.5) is 0 Å². The summed E-state index contributed by atoms with van der Waals surface area (Å²) in [7, 11) is 0. The van der Waals surface area contributed by atoms with Crippen molar-refractivity contribution in [1.82, 2.24) is 20.2 Å². The Hall–Kier alpha value is -1.40. The van der Waals surface area contributed by atoms with Crippen molar-refractivity contribution in [2.75, 3.05) is 13.2 Å². The van der Waals surface area contributed by atoms with E-state index >= 15 is 0 Å². The van der Waals surface area contributed by atoms with Gasteiger partial charge >= 0.3 is 0 Å². The summed E-state index contributed by atoms with van der Waals surface area (Å²) >= 11 is 5.79. The highest BCUT2D eigenvalue weighted by molar-refractivity contribution is 6.28. The van der Waals surface area contributed by atoms with E-state index in [1.54, 1.807) is 6.20 Å². The van der Waals surface area contributed by atoms with Crippen LogP contribution in [-0.4, -0.2) is 39.5 Å². The van der Waals surface area contributed by atoms with E-state index in [1.807, 2.05) is 13.8 Å². The van der Waals surface area contributed by atoms with Gasteiger partial charge in [0.15, 0.2) is 5.65 Å². The second-order valence-corrected chi connectivity index (χ2v) is 3.86. The normalized spacial score (nSPS) is 12.9. The van der Waals surface area contributed by atoms with E-state index in [-0.39, 0.29) is 11.4 Å². The molecule has 0 bridgehead atoms. The van der Waals surface area contributed by atoms with E-state index in [0.29, 0.717) is 30.1 Å². The highest BCUT2D eigenvalue weighted by Gasteiger charge is 2.12. The fraction of sp³-hybridized carbons (Fsp3) is 0.500. The molecule has 1 unspecified atom stereocenters. The summed E-state index contributed by atoms with van der Waals surface area (Å²) in [6.07, 6.45) is 1.49. The third kappa shape index (κ3) is 2.83. The Morgan fingerprint density at radius 1 is 1.47 bits per heavy atom. The quantitative estimate of drug-likeness (QED) is 0.826. The molecule has 7 heteroatoms. The highest BCUT2D eigenvalue weighted by Crippen LogP contribution is 2.22. The summed E-state index contributed by atoms with van der Waals surface area (Å²) in [4.78, 5) is 8.03. The summed E-state index contributed by atoms with van der Waals surface area (Å²) in [5.41, 5.74) is 0.559. The molecular weight excluding hydrogens is 244 g/mol. The summed E-state index contributed by atoms with van der Waals surface area (Å²) in [6, 6.07) is 0. The third-order valence-electron chi connectivity index (χ3n) is 2.12. The van der Waals surface area contributed by atoms with Gasteiger partial charge in [-0.1, -0.05) is 0 Å². The van der Waals surface area contributed by atoms with Gasteiger partial charge in [0, 0.05) is 6.61 Å². The van der Waals surface area contributed by atoms with Crippen LogP contribution in [0.5, 0.6) is 5.88 Å². The van der Waals surface area contributed by atoms with Crippen LogP contribution in [0.25, 0.3) is 11.0 Å². The summed E-state index contributed by atoms with van der Waals surface area (Å²) in [6.45, 7) is 4.98. The smallest absolute Gasteiger partial charge is 0.229 e. The molecule has 0 aliphatic rings. The van der Waals surface area contributed by atoms with Gasteiger partial charge in [0.2, 0.25) is 11.2 Å². The largest absolute Gasteiger partial charge is 0.472 e. The average molecular weight is 257 g/mol. The van der Waals surface area contributed by atoms with Crippen LogP contribution in [0, 0.1) is 0 Å². The summed E-state index contributed by atoms with van der Waals surface area (Å²) < 4.78 is 10.9. The molecule has 0 amide bonds. The minimum absolute atomic E-state index is 0.112. The standard InChI is InChI=1S/C10H13ClN4O2/c1-3-16-5-6(2)17-9-7-4-12-15-8(7)13-10(11)14-9/h4,6H,3,5H2,1-2H3,(H,12,13,14,15). The number of H-pyrrole nitrogens is 1. The molecule has 1 atom stereocenters. The van der Waals surface area contributed by atoms with Gasteiger partial charge in [0.1, 0.15) is 11.5 Å². The second kappa shape index (κ2) is 5.29. The number of hydrogen-bond donors (Lipinski definition) is 1. The molecule has 0 aliphatic carbocycles. The molecule has 2 aromatic heterocycles. The molecule has 2 aromatic rings. The molecular formula is C10H13ClN4O2. The molecule has 92 valence electrons. The van der Waals surface area contributed by atoms with Gasteiger partial charge in [0.25, 0.3) is 0 Å². The summed E-state index contributed by atoms with van der Waals surface area (Å²) in [5, 5.41) is 7.43. The lowest BCUT2D eigenvalue weighted by Crippen LogP contribution is -2.19. The van der Waals surface area contributed by atoms with Crippen LogP contribution in [0.1, 0.15) is 13.8 Å². The van der Waals surface area contributed by atoms with Crippen molar-refractivity contribution < 1.29 is 9.47 Å². The fourth-order valence-electron chi connectivity index (χ4n) is 1.38. The monoisotopic (exact) mass is 256 g/mol. The van der Waals surface area contributed by atoms with Crippen molar-refractivity contribution in [1.29, 1.82) is 0 Å². The molecule has 0 fully saturated rings. The SMILES string of the molecule is CCOCC(C)Oc1nc(Cl)nc2[nH]ncc12. The van der Waals surface area contributed by atoms with Crippen LogP contribution in [0.3, 0.4) is 0 Å². The van der Waals surface area contributed by atoms with E-state index in [1.165, 1.54) is 0 Å². The van der Waals surface area contributed by atoms with Crippen molar-refractivity contribution in [2.45, 2.75) is 20.0 Å². The molecule has 0 saturated carbocycles. The van der Waals surface area contributed by atoms with Gasteiger partial charge < -0.3 is 9.47 Å². The fourth-order valence-corrected chi connectivity index (χ4v) is 1.54. The van der Waals surface area contributed by atoms with Crippen LogP contribution >= 0.6 is 11.6 Å². The van der Waals surface area contributed by atoms with E-state index in [9.17, 15) is 0 Å². The van der Waals surface area contributed by atoms with Crippen LogP contribution in [0.15, 0.2) is 6.20 Å². The number of nitrogens with one attached hydrogen (secondary N) is 1. The predicted molar refractivity (Wildman–Crippen MR) is 63.3 cm³/mol. The lowest BCUT2D eigenvalue weighted by molar-refractivity contribution is 0.0642. The van der Waals surface area contributed by atoms with Crippen molar-refractivity contribution in [2.24, 2.45) is 0 Å². The Morgan fingerprint density at radius 3 is 3.06 bits per heavy atom. The van der Waals surface area contributed by atoms with Gasteiger partial charge in [-0.15, -0.1) is 0 Å². The van der Waals surface area contributed by atoms with Gasteiger partial charge in [-0.3, -0.25) is 5.10 Å². The highest BCUT2D eigenvalue weighted by atomic mass is 35.5. The molecule has 2 rings (SSSR count). The van der Waals surface area contributed by atoms with Crippen LogP contribution < -0.4 is 4.74 Å². The van der Waals surface area contributed by atoms with Crippen molar-refractivity contribution in [3.8, 4) is 5.88 Å². The molecule has 2 heterocycles. The molecule has 1 N–H and O–H groups in total. The van der Waals surface area contributed by atoms with Crippen LogP contribution in [0.2, 0.25) is 5.28 Å². The first kappa shape index (κ1) is 12.1. The number of aromatic amines is 1. The molecule has 0 saturated heterocycles. The van der Waals surface area contributed by atoms with E-state index in [4.69, 9.17) is 21.1 Å². The number of aromatic nitrogens is 4. The van der Waals surface area contributed by atoms with E-state index < -0.39 is 0 Å². The van der Waals surface area contributed by atoms with Gasteiger partial charge in [-0.2, -0.15) is 15.1 Å². The van der Waals surface area contributed by atoms with Gasteiger partial charge in [0.05, 0.1) is 12.8 Å². The Kier molecular flexibility index (Phi) is 3.75. The predicted octanol–water partition coefficient (Wildman–Crippen LogP) is 1.81. The molecule has 0 aromatic carbocycles. The number of fused-ring (bicyclic) bond motifs is 1. The second-order valence-electron chi connectivity index (χ2n) is 3.52. The molecule has 0 aliphatic heterocycles. The maximum atomic E-state index is 5.79. The van der Waals surface area contributed by atoms with Crippen LogP contribution in [-0.2, 0) is 4.74 Å². The number of halogens is 1. The maximum absolute atomic E-state index is 5.79. The topological polar surface area (TPSA) is 72.9 Å². The lowest BCUT2D eigenvalue weighted by atomic mass is 10.4. The van der Waals surface area contributed by atoms with Gasteiger partial charge in [-0.05, 0) is 25.4 Å². The first-order valence-corrected chi connectivity index (χ1v) is 5.69. The Balaban J connectivity index is 2.19. The molecule has 6 nitrogen and oxygen atoms in total. The lowest BCUT2D eigenvalue weighted by Gasteiger charge is -2.13. The minimum atomic E-state index is -0.112. The Bertz CT molecular complexity index is 502. The van der Waals surface area contributed by atoms with E-state index in [2.05, 4.69) is 20.2 Å². The zero-order valence-electron chi connectivity index (χ0n) is 9.61. The summed E-state index contributed by atoms with van der Waals surface area (Å²) in [5.74, 6) is 0.418. The van der Waals surface area contributed by atoms with Gasteiger partial charge in [-0.25, -0.2) is 0 Å². The number of ether oxygens (including phenoxy) is 2. The third-order valence-corrected chi connectivity index (χ3v) is 2.29. The average Bonchev–Trinajstić information content (AvgIpc) is 2.74. The minimum Gasteiger partial charge on any atom is -0.472 e.